The standard InChI is InChI=1S/C17H15F2NO5/c1-9(16(22)20-10-3-6-13(18)14(19)7-10)25-17(23)12-5-4-11(24-2)8-15(12)21/h3-9,21H,1-2H3,(H,20,22)/t9-/m0/s1. The fourth-order valence-corrected chi connectivity index (χ4v) is 1.91. The minimum atomic E-state index is -1.23. The highest BCUT2D eigenvalue weighted by Gasteiger charge is 2.21. The quantitative estimate of drug-likeness (QED) is 0.809. The molecule has 6 nitrogen and oxygen atoms in total. The highest BCUT2D eigenvalue weighted by atomic mass is 19.2. The van der Waals surface area contributed by atoms with E-state index in [0.29, 0.717) is 5.75 Å². The lowest BCUT2D eigenvalue weighted by atomic mass is 10.2. The first-order valence-electron chi connectivity index (χ1n) is 7.15. The first kappa shape index (κ1) is 18.2. The number of halogens is 2. The van der Waals surface area contributed by atoms with Gasteiger partial charge in [-0.3, -0.25) is 4.79 Å². The van der Waals surface area contributed by atoms with Crippen molar-refractivity contribution in [2.24, 2.45) is 0 Å². The van der Waals surface area contributed by atoms with Crippen molar-refractivity contribution in [1.82, 2.24) is 0 Å². The molecular formula is C17H15F2NO5. The van der Waals surface area contributed by atoms with Crippen molar-refractivity contribution in [2.75, 3.05) is 12.4 Å². The van der Waals surface area contributed by atoms with Crippen molar-refractivity contribution in [2.45, 2.75) is 13.0 Å². The number of phenols is 1. The van der Waals surface area contributed by atoms with Crippen molar-refractivity contribution in [1.29, 1.82) is 0 Å². The zero-order valence-corrected chi connectivity index (χ0v) is 13.4. The van der Waals surface area contributed by atoms with E-state index in [2.05, 4.69) is 5.32 Å². The lowest BCUT2D eigenvalue weighted by Crippen LogP contribution is -2.30. The molecule has 0 saturated carbocycles. The zero-order chi connectivity index (χ0) is 18.6. The van der Waals surface area contributed by atoms with E-state index >= 15 is 0 Å². The number of rotatable bonds is 5. The van der Waals surface area contributed by atoms with Gasteiger partial charge in [0, 0.05) is 17.8 Å². The summed E-state index contributed by atoms with van der Waals surface area (Å²) in [6.07, 6.45) is -1.23. The monoisotopic (exact) mass is 351 g/mol. The molecule has 132 valence electrons. The van der Waals surface area contributed by atoms with Gasteiger partial charge in [-0.15, -0.1) is 0 Å². The molecule has 2 aromatic carbocycles. The number of phenolic OH excluding ortho intramolecular Hbond substituents is 1. The van der Waals surface area contributed by atoms with Crippen LogP contribution in [0.4, 0.5) is 14.5 Å². The minimum absolute atomic E-state index is 0.0130. The van der Waals surface area contributed by atoms with Gasteiger partial charge in [-0.1, -0.05) is 0 Å². The Morgan fingerprint density at radius 2 is 1.84 bits per heavy atom. The van der Waals surface area contributed by atoms with Gasteiger partial charge in [0.05, 0.1) is 7.11 Å². The molecule has 0 aliphatic rings. The second-order valence-corrected chi connectivity index (χ2v) is 5.05. The predicted octanol–water partition coefficient (Wildman–Crippen LogP) is 2.86. The van der Waals surface area contributed by atoms with Crippen molar-refractivity contribution in [3.8, 4) is 11.5 Å². The van der Waals surface area contributed by atoms with Crippen LogP contribution < -0.4 is 10.1 Å². The molecule has 25 heavy (non-hydrogen) atoms. The molecule has 0 fully saturated rings. The third-order valence-electron chi connectivity index (χ3n) is 3.26. The van der Waals surface area contributed by atoms with Crippen LogP contribution in [0.3, 0.4) is 0 Å². The van der Waals surface area contributed by atoms with E-state index in [1.165, 1.54) is 38.3 Å². The SMILES string of the molecule is COc1ccc(C(=O)O[C@@H](C)C(=O)Nc2ccc(F)c(F)c2)c(O)c1. The van der Waals surface area contributed by atoms with Crippen molar-refractivity contribution < 1.29 is 33.0 Å². The molecule has 2 rings (SSSR count). The number of aromatic hydroxyl groups is 1. The summed E-state index contributed by atoms with van der Waals surface area (Å²) in [6.45, 7) is 1.30. The third-order valence-corrected chi connectivity index (χ3v) is 3.26. The Morgan fingerprint density at radius 1 is 1.12 bits per heavy atom. The van der Waals surface area contributed by atoms with Gasteiger partial charge in [-0.2, -0.15) is 0 Å². The van der Waals surface area contributed by atoms with Crippen molar-refractivity contribution in [3.05, 3.63) is 53.6 Å². The molecule has 1 amide bonds. The smallest absolute Gasteiger partial charge is 0.342 e. The van der Waals surface area contributed by atoms with Gasteiger partial charge in [0.2, 0.25) is 0 Å². The van der Waals surface area contributed by atoms with Crippen LogP contribution in [0.15, 0.2) is 36.4 Å². The lowest BCUT2D eigenvalue weighted by Gasteiger charge is -2.14. The number of carbonyl (C=O) groups is 2. The number of amides is 1. The van der Waals surface area contributed by atoms with Crippen LogP contribution in [-0.2, 0) is 9.53 Å². The fourth-order valence-electron chi connectivity index (χ4n) is 1.91. The summed E-state index contributed by atoms with van der Waals surface area (Å²) in [5.41, 5.74) is -0.132. The molecule has 2 N–H and O–H groups in total. The molecule has 1 atom stereocenters. The van der Waals surface area contributed by atoms with Crippen molar-refractivity contribution in [3.63, 3.8) is 0 Å². The molecule has 0 aliphatic heterocycles. The number of hydrogen-bond donors (Lipinski definition) is 2. The largest absolute Gasteiger partial charge is 0.507 e. The topological polar surface area (TPSA) is 84.9 Å². The Kier molecular flexibility index (Phi) is 5.53. The maximum absolute atomic E-state index is 13.1. The number of nitrogens with one attached hydrogen (secondary N) is 1. The molecule has 8 heteroatoms. The van der Waals surface area contributed by atoms with Crippen LogP contribution in [-0.4, -0.2) is 30.2 Å². The first-order valence-corrected chi connectivity index (χ1v) is 7.15. The second-order valence-electron chi connectivity index (χ2n) is 5.05. The summed E-state index contributed by atoms with van der Waals surface area (Å²) in [4.78, 5) is 24.0. The van der Waals surface area contributed by atoms with Crippen LogP contribution >= 0.6 is 0 Å². The Balaban J connectivity index is 2.02. The molecule has 0 unspecified atom stereocenters. The molecule has 0 bridgehead atoms. The maximum atomic E-state index is 13.1. The van der Waals surface area contributed by atoms with E-state index in [9.17, 15) is 23.5 Å². The Hall–Kier alpha value is -3.16. The maximum Gasteiger partial charge on any atom is 0.342 e. The van der Waals surface area contributed by atoms with Crippen LogP contribution in [0, 0.1) is 11.6 Å². The molecular weight excluding hydrogens is 336 g/mol. The van der Waals surface area contributed by atoms with E-state index in [1.54, 1.807) is 0 Å². The molecule has 0 spiro atoms. The van der Waals surface area contributed by atoms with E-state index in [0.717, 1.165) is 12.1 Å². The number of carbonyl (C=O) groups excluding carboxylic acids is 2. The van der Waals surface area contributed by atoms with Gasteiger partial charge in [0.15, 0.2) is 17.7 Å². The average molecular weight is 351 g/mol. The fraction of sp³-hybridized carbons (Fsp3) is 0.176. The number of esters is 1. The molecule has 0 heterocycles. The van der Waals surface area contributed by atoms with Gasteiger partial charge in [-0.05, 0) is 31.2 Å². The predicted molar refractivity (Wildman–Crippen MR) is 84.5 cm³/mol. The van der Waals surface area contributed by atoms with E-state index in [1.807, 2.05) is 0 Å². The molecule has 0 aliphatic carbocycles. The number of anilines is 1. The highest BCUT2D eigenvalue weighted by molar-refractivity contribution is 5.98. The minimum Gasteiger partial charge on any atom is -0.507 e. The molecule has 2 aromatic rings. The highest BCUT2D eigenvalue weighted by Crippen LogP contribution is 2.24. The number of benzene rings is 2. The Bertz CT molecular complexity index is 810. The first-order chi connectivity index (χ1) is 11.8. The van der Waals surface area contributed by atoms with Crippen LogP contribution in [0.1, 0.15) is 17.3 Å². The van der Waals surface area contributed by atoms with Gasteiger partial charge in [0.1, 0.15) is 17.1 Å². The van der Waals surface area contributed by atoms with Crippen LogP contribution in [0.2, 0.25) is 0 Å². The molecule has 0 radical (unpaired) electrons. The van der Waals surface area contributed by atoms with Gasteiger partial charge in [0.25, 0.3) is 5.91 Å². The number of methoxy groups -OCH3 is 1. The Labute approximate surface area is 142 Å². The van der Waals surface area contributed by atoms with E-state index < -0.39 is 29.6 Å². The third kappa shape index (κ3) is 4.43. The van der Waals surface area contributed by atoms with Crippen LogP contribution in [0.25, 0.3) is 0 Å². The molecule has 0 saturated heterocycles. The summed E-state index contributed by atoms with van der Waals surface area (Å²) in [5, 5.41) is 12.1. The van der Waals surface area contributed by atoms with Gasteiger partial charge in [-0.25, -0.2) is 13.6 Å². The Morgan fingerprint density at radius 3 is 2.44 bits per heavy atom. The summed E-state index contributed by atoms with van der Waals surface area (Å²) >= 11 is 0. The van der Waals surface area contributed by atoms with Crippen molar-refractivity contribution >= 4 is 17.6 Å². The summed E-state index contributed by atoms with van der Waals surface area (Å²) < 4.78 is 35.8. The van der Waals surface area contributed by atoms with Gasteiger partial charge >= 0.3 is 5.97 Å². The average Bonchev–Trinajstić information content (AvgIpc) is 2.57. The summed E-state index contributed by atoms with van der Waals surface area (Å²) in [6, 6.07) is 6.79. The van der Waals surface area contributed by atoms with Crippen LogP contribution in [0.5, 0.6) is 11.5 Å². The zero-order valence-electron chi connectivity index (χ0n) is 13.4. The summed E-state index contributed by atoms with van der Waals surface area (Å²) in [5.74, 6) is -3.85. The molecule has 0 aromatic heterocycles. The lowest BCUT2D eigenvalue weighted by molar-refractivity contribution is -0.123. The van der Waals surface area contributed by atoms with E-state index in [4.69, 9.17) is 9.47 Å². The van der Waals surface area contributed by atoms with Gasteiger partial charge < -0.3 is 19.9 Å². The second kappa shape index (κ2) is 7.61. The number of hydrogen-bond acceptors (Lipinski definition) is 5. The normalized spacial score (nSPS) is 11.5. The summed E-state index contributed by atoms with van der Waals surface area (Å²) in [7, 11) is 1.40. The number of ether oxygens (including phenoxy) is 2. The van der Waals surface area contributed by atoms with E-state index in [-0.39, 0.29) is 17.0 Å².